The van der Waals surface area contributed by atoms with Gasteiger partial charge in [-0.25, -0.2) is 4.79 Å². The largest absolute Gasteiger partial charge is 0.497 e. The molecule has 0 aliphatic carbocycles. The Morgan fingerprint density at radius 1 is 1.00 bits per heavy atom. The highest BCUT2D eigenvalue weighted by atomic mass is 16.5. The molecule has 0 radical (unpaired) electrons. The zero-order valence-electron chi connectivity index (χ0n) is 22.8. The lowest BCUT2D eigenvalue weighted by molar-refractivity contribution is -0.131. The fraction of sp³-hybridized carbons (Fsp3) is 0.379. The standard InChI is InChI=1S/C29H35N3O8/c1-4-18(2)28(29(37)30-12-5-13-33)32-25(34)16-31-26(35)17-39-21-10-11-22-23(15-27(36)40-24(22)14-21)19-6-8-20(38-3)9-7-19/h6-11,14-15,18,28,33H,4-5,12-13,16-17H2,1-3H3,(H,30,37)(H,31,35)(H,32,34). The predicted octanol–water partition coefficient (Wildman–Crippen LogP) is 1.99. The number of ether oxygens (including phenoxy) is 2. The summed E-state index contributed by atoms with van der Waals surface area (Å²) in [5.41, 5.74) is 1.26. The number of amides is 3. The molecule has 2 unspecified atom stereocenters. The van der Waals surface area contributed by atoms with Gasteiger partial charge in [0.15, 0.2) is 6.61 Å². The van der Waals surface area contributed by atoms with Crippen LogP contribution in [-0.2, 0) is 14.4 Å². The minimum Gasteiger partial charge on any atom is -0.497 e. The SMILES string of the molecule is CCC(C)C(NC(=O)CNC(=O)COc1ccc2c(-c3ccc(OC)cc3)cc(=O)oc2c1)C(=O)NCCCO. The summed E-state index contributed by atoms with van der Waals surface area (Å²) in [5.74, 6) is -0.541. The van der Waals surface area contributed by atoms with E-state index in [1.54, 1.807) is 31.4 Å². The van der Waals surface area contributed by atoms with Crippen molar-refractivity contribution in [2.75, 3.05) is 33.4 Å². The molecular formula is C29H35N3O8. The molecule has 11 nitrogen and oxygen atoms in total. The van der Waals surface area contributed by atoms with E-state index in [1.165, 1.54) is 12.1 Å². The molecule has 4 N–H and O–H groups in total. The summed E-state index contributed by atoms with van der Waals surface area (Å²) in [5, 5.41) is 17.4. The third-order valence-corrected chi connectivity index (χ3v) is 6.38. The molecule has 0 saturated heterocycles. The van der Waals surface area contributed by atoms with Crippen molar-refractivity contribution in [3.05, 3.63) is 59.0 Å². The van der Waals surface area contributed by atoms with E-state index in [4.69, 9.17) is 19.0 Å². The van der Waals surface area contributed by atoms with E-state index in [9.17, 15) is 19.2 Å². The van der Waals surface area contributed by atoms with Crippen molar-refractivity contribution in [2.45, 2.75) is 32.7 Å². The van der Waals surface area contributed by atoms with Crippen LogP contribution in [0.5, 0.6) is 11.5 Å². The number of hydrogen-bond acceptors (Lipinski definition) is 8. The van der Waals surface area contributed by atoms with Gasteiger partial charge in [-0.2, -0.15) is 0 Å². The Bertz CT molecular complexity index is 1370. The lowest BCUT2D eigenvalue weighted by atomic mass is 9.98. The number of carbonyl (C=O) groups excluding carboxylic acids is 3. The van der Waals surface area contributed by atoms with Crippen molar-refractivity contribution in [2.24, 2.45) is 5.92 Å². The molecule has 0 bridgehead atoms. The molecule has 11 heteroatoms. The first-order chi connectivity index (χ1) is 19.2. The number of carbonyl (C=O) groups is 3. The van der Waals surface area contributed by atoms with E-state index in [1.807, 2.05) is 26.0 Å². The first-order valence-electron chi connectivity index (χ1n) is 13.1. The maximum absolute atomic E-state index is 12.4. The van der Waals surface area contributed by atoms with Gasteiger partial charge in [0.2, 0.25) is 11.8 Å². The van der Waals surface area contributed by atoms with Crippen molar-refractivity contribution >= 4 is 28.7 Å². The minimum atomic E-state index is -0.764. The summed E-state index contributed by atoms with van der Waals surface area (Å²) in [6.07, 6.45) is 1.07. The number of fused-ring (bicyclic) bond motifs is 1. The molecular weight excluding hydrogens is 518 g/mol. The quantitative estimate of drug-likeness (QED) is 0.174. The molecule has 0 saturated carbocycles. The molecule has 3 rings (SSSR count). The number of methoxy groups -OCH3 is 1. The number of hydrogen-bond donors (Lipinski definition) is 4. The van der Waals surface area contributed by atoms with E-state index >= 15 is 0 Å². The molecule has 0 aliphatic heterocycles. The number of nitrogens with one attached hydrogen (secondary N) is 3. The Labute approximate surface area is 231 Å². The summed E-state index contributed by atoms with van der Waals surface area (Å²) in [6.45, 7) is 3.28. The molecule has 1 aromatic heterocycles. The number of rotatable bonds is 14. The van der Waals surface area contributed by atoms with Gasteiger partial charge in [-0.15, -0.1) is 0 Å². The zero-order chi connectivity index (χ0) is 29.1. The lowest BCUT2D eigenvalue weighted by Crippen LogP contribution is -2.52. The van der Waals surface area contributed by atoms with Crippen molar-refractivity contribution in [1.29, 1.82) is 0 Å². The van der Waals surface area contributed by atoms with Gasteiger partial charge < -0.3 is 34.9 Å². The van der Waals surface area contributed by atoms with Crippen LogP contribution >= 0.6 is 0 Å². The van der Waals surface area contributed by atoms with E-state index in [0.29, 0.717) is 47.4 Å². The molecule has 214 valence electrons. The smallest absolute Gasteiger partial charge is 0.336 e. The van der Waals surface area contributed by atoms with Gasteiger partial charge in [0.25, 0.3) is 5.91 Å². The zero-order valence-corrected chi connectivity index (χ0v) is 22.8. The van der Waals surface area contributed by atoms with Gasteiger partial charge in [0, 0.05) is 30.7 Å². The van der Waals surface area contributed by atoms with Gasteiger partial charge >= 0.3 is 5.63 Å². The molecule has 2 atom stereocenters. The molecule has 0 spiro atoms. The summed E-state index contributed by atoms with van der Waals surface area (Å²) >= 11 is 0. The fourth-order valence-corrected chi connectivity index (χ4v) is 3.95. The second kappa shape index (κ2) is 14.7. The molecule has 2 aromatic carbocycles. The summed E-state index contributed by atoms with van der Waals surface area (Å²) < 4.78 is 16.1. The lowest BCUT2D eigenvalue weighted by Gasteiger charge is -2.23. The van der Waals surface area contributed by atoms with Crippen LogP contribution in [0.4, 0.5) is 0 Å². The molecule has 0 aliphatic rings. The monoisotopic (exact) mass is 553 g/mol. The molecule has 3 amide bonds. The Kier molecular flexibility index (Phi) is 11.1. The fourth-order valence-electron chi connectivity index (χ4n) is 3.95. The van der Waals surface area contributed by atoms with Gasteiger partial charge in [-0.05, 0) is 47.7 Å². The molecule has 40 heavy (non-hydrogen) atoms. The van der Waals surface area contributed by atoms with Gasteiger partial charge in [0.1, 0.15) is 23.1 Å². The Balaban J connectivity index is 1.57. The summed E-state index contributed by atoms with van der Waals surface area (Å²) in [6, 6.07) is 12.8. The maximum Gasteiger partial charge on any atom is 0.336 e. The highest BCUT2D eigenvalue weighted by molar-refractivity contribution is 5.94. The van der Waals surface area contributed by atoms with Crippen LogP contribution in [0, 0.1) is 5.92 Å². The van der Waals surface area contributed by atoms with Crippen LogP contribution in [0.25, 0.3) is 22.1 Å². The van der Waals surface area contributed by atoms with E-state index in [-0.39, 0.29) is 31.6 Å². The third-order valence-electron chi connectivity index (χ3n) is 6.38. The van der Waals surface area contributed by atoms with Crippen molar-refractivity contribution in [1.82, 2.24) is 16.0 Å². The summed E-state index contributed by atoms with van der Waals surface area (Å²) in [7, 11) is 1.57. The topological polar surface area (TPSA) is 156 Å². The minimum absolute atomic E-state index is 0.0485. The number of benzene rings is 2. The van der Waals surface area contributed by atoms with Crippen LogP contribution in [0.1, 0.15) is 26.7 Å². The van der Waals surface area contributed by atoms with Crippen LogP contribution in [-0.4, -0.2) is 62.3 Å². The first kappa shape index (κ1) is 30.2. The number of aliphatic hydroxyl groups is 1. The van der Waals surface area contributed by atoms with Crippen molar-refractivity contribution in [3.8, 4) is 22.6 Å². The predicted molar refractivity (Wildman–Crippen MR) is 149 cm³/mol. The van der Waals surface area contributed by atoms with Crippen LogP contribution in [0.3, 0.4) is 0 Å². The Hall–Kier alpha value is -4.38. The molecule has 0 fully saturated rings. The highest BCUT2D eigenvalue weighted by Crippen LogP contribution is 2.30. The maximum atomic E-state index is 12.4. The number of aliphatic hydroxyl groups excluding tert-OH is 1. The van der Waals surface area contributed by atoms with E-state index in [2.05, 4.69) is 16.0 Å². The van der Waals surface area contributed by atoms with Crippen molar-refractivity contribution in [3.63, 3.8) is 0 Å². The van der Waals surface area contributed by atoms with Gasteiger partial charge in [-0.1, -0.05) is 32.4 Å². The van der Waals surface area contributed by atoms with Crippen LogP contribution in [0.15, 0.2) is 57.7 Å². The van der Waals surface area contributed by atoms with Gasteiger partial charge in [-0.3, -0.25) is 14.4 Å². The molecule has 1 heterocycles. The Morgan fingerprint density at radius 3 is 2.40 bits per heavy atom. The first-order valence-corrected chi connectivity index (χ1v) is 13.1. The van der Waals surface area contributed by atoms with E-state index < -0.39 is 23.5 Å². The summed E-state index contributed by atoms with van der Waals surface area (Å²) in [4.78, 5) is 49.4. The average Bonchev–Trinajstić information content (AvgIpc) is 2.96. The Morgan fingerprint density at radius 2 is 1.73 bits per heavy atom. The molecule has 3 aromatic rings. The normalized spacial score (nSPS) is 12.3. The van der Waals surface area contributed by atoms with E-state index in [0.717, 1.165) is 5.56 Å². The highest BCUT2D eigenvalue weighted by Gasteiger charge is 2.25. The second-order valence-electron chi connectivity index (χ2n) is 9.23. The third kappa shape index (κ3) is 8.31. The van der Waals surface area contributed by atoms with Crippen LogP contribution in [0.2, 0.25) is 0 Å². The van der Waals surface area contributed by atoms with Gasteiger partial charge in [0.05, 0.1) is 13.7 Å². The second-order valence-corrected chi connectivity index (χ2v) is 9.23. The van der Waals surface area contributed by atoms with Crippen LogP contribution < -0.4 is 31.0 Å². The van der Waals surface area contributed by atoms with Crippen molar-refractivity contribution < 1.29 is 33.4 Å². The average molecular weight is 554 g/mol.